The van der Waals surface area contributed by atoms with E-state index in [9.17, 15) is 4.79 Å². The highest BCUT2D eigenvalue weighted by Gasteiger charge is 2.30. The number of benzene rings is 1. The van der Waals surface area contributed by atoms with Gasteiger partial charge in [0, 0.05) is 17.6 Å². The highest BCUT2D eigenvalue weighted by atomic mass is 79.9. The molecule has 3 rings (SSSR count). The van der Waals surface area contributed by atoms with Gasteiger partial charge in [-0.15, -0.1) is 24.8 Å². The second-order valence-electron chi connectivity index (χ2n) is 6.26. The number of hydrogen-bond acceptors (Lipinski definition) is 4. The highest BCUT2D eigenvalue weighted by molar-refractivity contribution is 9.10. The molecule has 142 valence electrons. The van der Waals surface area contributed by atoms with Crippen LogP contribution in [-0.2, 0) is 10.3 Å². The molecule has 0 saturated carbocycles. The molecule has 0 bridgehead atoms. The van der Waals surface area contributed by atoms with Crippen molar-refractivity contribution in [1.82, 2.24) is 4.98 Å². The maximum atomic E-state index is 12.6. The summed E-state index contributed by atoms with van der Waals surface area (Å²) in [5.41, 5.74) is 6.54. The van der Waals surface area contributed by atoms with E-state index in [1.165, 1.54) is 12.8 Å². The molecule has 1 atom stereocenters. The van der Waals surface area contributed by atoms with Gasteiger partial charge in [0.05, 0.1) is 11.9 Å². The fourth-order valence-electron chi connectivity index (χ4n) is 2.78. The van der Waals surface area contributed by atoms with E-state index in [0.717, 1.165) is 28.9 Å². The van der Waals surface area contributed by atoms with E-state index in [2.05, 4.69) is 31.1 Å². The highest BCUT2D eigenvalue weighted by Crippen LogP contribution is 2.23. The van der Waals surface area contributed by atoms with E-state index >= 15 is 0 Å². The summed E-state index contributed by atoms with van der Waals surface area (Å²) in [6.07, 6.45) is 4.10. The lowest BCUT2D eigenvalue weighted by Crippen LogP contribution is -2.45. The summed E-state index contributed by atoms with van der Waals surface area (Å²) in [4.78, 5) is 19.3. The third kappa shape index (κ3) is 5.10. The van der Waals surface area contributed by atoms with Crippen LogP contribution < -0.4 is 16.0 Å². The SMILES string of the molecule is CC(N)(C(=O)Nc1ccc(N2CCCC2)nc1)c1ccc(Br)cc1.Cl.Cl. The predicted octanol–water partition coefficient (Wildman–Crippen LogP) is 4.10. The maximum absolute atomic E-state index is 12.6. The smallest absolute Gasteiger partial charge is 0.248 e. The van der Waals surface area contributed by atoms with Gasteiger partial charge in [-0.1, -0.05) is 28.1 Å². The van der Waals surface area contributed by atoms with Gasteiger partial charge >= 0.3 is 0 Å². The summed E-state index contributed by atoms with van der Waals surface area (Å²) in [5.74, 6) is 0.689. The molecule has 26 heavy (non-hydrogen) atoms. The summed E-state index contributed by atoms with van der Waals surface area (Å²) in [6, 6.07) is 11.3. The number of pyridine rings is 1. The van der Waals surface area contributed by atoms with Gasteiger partial charge in [0.15, 0.2) is 0 Å². The lowest BCUT2D eigenvalue weighted by molar-refractivity contribution is -0.120. The average molecular weight is 462 g/mol. The summed E-state index contributed by atoms with van der Waals surface area (Å²) in [5, 5.41) is 2.86. The molecule has 1 unspecified atom stereocenters. The Morgan fingerprint density at radius 3 is 2.31 bits per heavy atom. The Hall–Kier alpha value is -1.34. The normalized spacial score (nSPS) is 15.4. The van der Waals surface area contributed by atoms with E-state index in [4.69, 9.17) is 5.73 Å². The monoisotopic (exact) mass is 460 g/mol. The number of carbonyl (C=O) groups is 1. The number of nitrogens with zero attached hydrogens (tertiary/aromatic N) is 2. The van der Waals surface area contributed by atoms with Crippen LogP contribution in [0.5, 0.6) is 0 Å². The molecule has 3 N–H and O–H groups in total. The Morgan fingerprint density at radius 2 is 1.77 bits per heavy atom. The lowest BCUT2D eigenvalue weighted by Gasteiger charge is -2.24. The zero-order valence-electron chi connectivity index (χ0n) is 14.4. The minimum atomic E-state index is -1.12. The minimum absolute atomic E-state index is 0. The first-order valence-corrected chi connectivity index (χ1v) is 8.83. The van der Waals surface area contributed by atoms with Gasteiger partial charge in [-0.25, -0.2) is 4.98 Å². The molecule has 1 fully saturated rings. The third-order valence-electron chi connectivity index (χ3n) is 4.35. The van der Waals surface area contributed by atoms with Crippen LogP contribution >= 0.6 is 40.7 Å². The first-order chi connectivity index (χ1) is 11.5. The Kier molecular flexibility index (Phi) is 8.34. The quantitative estimate of drug-likeness (QED) is 0.718. The molecule has 0 radical (unpaired) electrons. The van der Waals surface area contributed by atoms with Gasteiger partial charge in [0.25, 0.3) is 0 Å². The number of halogens is 3. The molecule has 8 heteroatoms. The molecule has 1 saturated heterocycles. The largest absolute Gasteiger partial charge is 0.357 e. The van der Waals surface area contributed by atoms with Crippen LogP contribution in [0.3, 0.4) is 0 Å². The average Bonchev–Trinajstić information content (AvgIpc) is 3.10. The van der Waals surface area contributed by atoms with E-state index < -0.39 is 5.54 Å². The van der Waals surface area contributed by atoms with E-state index in [-0.39, 0.29) is 30.7 Å². The number of carbonyl (C=O) groups excluding carboxylic acids is 1. The lowest BCUT2D eigenvalue weighted by atomic mass is 9.92. The third-order valence-corrected chi connectivity index (χ3v) is 4.88. The molecule has 1 aliphatic rings. The molecule has 5 nitrogen and oxygen atoms in total. The zero-order valence-corrected chi connectivity index (χ0v) is 17.7. The fraction of sp³-hybridized carbons (Fsp3) is 0.333. The fourth-order valence-corrected chi connectivity index (χ4v) is 3.05. The molecule has 1 aromatic heterocycles. The number of nitrogens with one attached hydrogen (secondary N) is 1. The molecule has 1 amide bonds. The molecular formula is C18H23BrCl2N4O. The van der Waals surface area contributed by atoms with Crippen molar-refractivity contribution >= 4 is 58.2 Å². The van der Waals surface area contributed by atoms with Crippen molar-refractivity contribution in [2.75, 3.05) is 23.3 Å². The van der Waals surface area contributed by atoms with Gasteiger partial charge < -0.3 is 16.0 Å². The van der Waals surface area contributed by atoms with Crippen LogP contribution in [0.15, 0.2) is 47.1 Å². The van der Waals surface area contributed by atoms with Crippen LogP contribution in [0.25, 0.3) is 0 Å². The molecule has 0 spiro atoms. The molecular weight excluding hydrogens is 439 g/mol. The molecule has 1 aromatic carbocycles. The van der Waals surface area contributed by atoms with Gasteiger partial charge in [-0.05, 0) is 49.6 Å². The Bertz CT molecular complexity index is 717. The zero-order chi connectivity index (χ0) is 17.2. The molecule has 2 aromatic rings. The standard InChI is InChI=1S/C18H21BrN4O.2ClH/c1-18(20,13-4-6-14(19)7-5-13)17(24)22-15-8-9-16(21-12-15)23-10-2-3-11-23;;/h4-9,12H,2-3,10-11,20H2,1H3,(H,22,24);2*1H. The maximum Gasteiger partial charge on any atom is 0.248 e. The summed E-state index contributed by atoms with van der Waals surface area (Å²) >= 11 is 3.38. The number of nitrogens with two attached hydrogens (primary N) is 1. The van der Waals surface area contributed by atoms with E-state index in [1.54, 1.807) is 13.1 Å². The summed E-state index contributed by atoms with van der Waals surface area (Å²) in [7, 11) is 0. The second-order valence-corrected chi connectivity index (χ2v) is 7.18. The predicted molar refractivity (Wildman–Crippen MR) is 114 cm³/mol. The number of hydrogen-bond donors (Lipinski definition) is 2. The van der Waals surface area contributed by atoms with E-state index in [0.29, 0.717) is 5.69 Å². The summed E-state index contributed by atoms with van der Waals surface area (Å²) in [6.45, 7) is 3.80. The molecule has 0 aliphatic carbocycles. The van der Waals surface area contributed by atoms with Gasteiger partial charge in [0.2, 0.25) is 5.91 Å². The Balaban J connectivity index is 0.00000169. The van der Waals surface area contributed by atoms with Crippen molar-refractivity contribution in [2.24, 2.45) is 5.73 Å². The summed E-state index contributed by atoms with van der Waals surface area (Å²) < 4.78 is 0.948. The van der Waals surface area contributed by atoms with Gasteiger partial charge in [-0.3, -0.25) is 4.79 Å². The van der Waals surface area contributed by atoms with Crippen LogP contribution in [0.2, 0.25) is 0 Å². The topological polar surface area (TPSA) is 71.2 Å². The van der Waals surface area contributed by atoms with Crippen LogP contribution in [-0.4, -0.2) is 24.0 Å². The first kappa shape index (κ1) is 22.7. The van der Waals surface area contributed by atoms with Crippen molar-refractivity contribution < 1.29 is 4.79 Å². The van der Waals surface area contributed by atoms with Crippen molar-refractivity contribution in [1.29, 1.82) is 0 Å². The van der Waals surface area contributed by atoms with Crippen molar-refractivity contribution in [3.05, 3.63) is 52.6 Å². The molecule has 1 aliphatic heterocycles. The van der Waals surface area contributed by atoms with Crippen molar-refractivity contribution in [2.45, 2.75) is 25.3 Å². The van der Waals surface area contributed by atoms with Crippen LogP contribution in [0.1, 0.15) is 25.3 Å². The van der Waals surface area contributed by atoms with Crippen molar-refractivity contribution in [3.63, 3.8) is 0 Å². The Morgan fingerprint density at radius 1 is 1.15 bits per heavy atom. The molecule has 2 heterocycles. The van der Waals surface area contributed by atoms with Gasteiger partial charge in [-0.2, -0.15) is 0 Å². The number of anilines is 2. The van der Waals surface area contributed by atoms with Crippen LogP contribution in [0, 0.1) is 0 Å². The second kappa shape index (κ2) is 9.55. The van der Waals surface area contributed by atoms with Crippen molar-refractivity contribution in [3.8, 4) is 0 Å². The van der Waals surface area contributed by atoms with Gasteiger partial charge in [0.1, 0.15) is 11.4 Å². The Labute approximate surface area is 174 Å². The first-order valence-electron chi connectivity index (χ1n) is 8.04. The number of rotatable bonds is 4. The number of amides is 1. The minimum Gasteiger partial charge on any atom is -0.357 e. The number of aromatic nitrogens is 1. The van der Waals surface area contributed by atoms with E-state index in [1.807, 2.05) is 36.4 Å². The van der Waals surface area contributed by atoms with Crippen LogP contribution in [0.4, 0.5) is 11.5 Å².